The summed E-state index contributed by atoms with van der Waals surface area (Å²) in [6.45, 7) is 0.906. The fraction of sp³-hybridized carbons (Fsp3) is 0.261. The Kier molecular flexibility index (Phi) is 6.94. The first-order valence-electron chi connectivity index (χ1n) is 10.1. The summed E-state index contributed by atoms with van der Waals surface area (Å²) in [6.07, 6.45) is 0.706. The minimum absolute atomic E-state index is 0.0141. The quantitative estimate of drug-likeness (QED) is 0.232. The number of thiophene rings is 1. The van der Waals surface area contributed by atoms with Gasteiger partial charge in [0.1, 0.15) is 11.6 Å². The molecular weight excluding hydrogens is 466 g/mol. The molecule has 4 rings (SSSR count). The molecule has 0 atom stereocenters. The van der Waals surface area contributed by atoms with E-state index in [-0.39, 0.29) is 17.3 Å². The average molecular weight is 489 g/mol. The van der Waals surface area contributed by atoms with Gasteiger partial charge >= 0.3 is 6.61 Å². The predicted molar refractivity (Wildman–Crippen MR) is 125 cm³/mol. The number of ketones is 1. The summed E-state index contributed by atoms with van der Waals surface area (Å²) in [4.78, 5) is 14.2. The third-order valence-corrected chi connectivity index (χ3v) is 7.12. The smallest absolute Gasteiger partial charge is 0.387 e. The van der Waals surface area contributed by atoms with Crippen LogP contribution in [0.15, 0.2) is 53.0 Å². The van der Waals surface area contributed by atoms with E-state index in [1.165, 1.54) is 28.8 Å². The molecule has 33 heavy (non-hydrogen) atoms. The highest BCUT2D eigenvalue weighted by Gasteiger charge is 2.19. The molecule has 3 heterocycles. The minimum atomic E-state index is -2.87. The number of halogens is 2. The van der Waals surface area contributed by atoms with Crippen molar-refractivity contribution in [3.8, 4) is 11.4 Å². The monoisotopic (exact) mass is 488 g/mol. The highest BCUT2D eigenvalue weighted by Crippen LogP contribution is 2.26. The van der Waals surface area contributed by atoms with Gasteiger partial charge in [-0.15, -0.1) is 21.5 Å². The third kappa shape index (κ3) is 5.17. The highest BCUT2D eigenvalue weighted by atomic mass is 32.2. The molecule has 0 N–H and O–H groups in total. The molecule has 0 spiro atoms. The lowest BCUT2D eigenvalue weighted by Crippen LogP contribution is -2.07. The van der Waals surface area contributed by atoms with Crippen molar-refractivity contribution < 1.29 is 18.3 Å². The van der Waals surface area contributed by atoms with E-state index in [1.807, 2.05) is 47.5 Å². The number of carbonyl (C=O) groups is 1. The number of Topliss-reactive ketones (excluding diaryl/α,β-unsaturated/α-hetero) is 1. The van der Waals surface area contributed by atoms with Gasteiger partial charge in [0.15, 0.2) is 10.9 Å². The Morgan fingerprint density at radius 3 is 2.61 bits per heavy atom. The van der Waals surface area contributed by atoms with Gasteiger partial charge in [-0.1, -0.05) is 17.8 Å². The molecule has 0 bridgehead atoms. The predicted octanol–water partition coefficient (Wildman–Crippen LogP) is 5.45. The molecule has 3 aromatic heterocycles. The van der Waals surface area contributed by atoms with Crippen LogP contribution in [-0.4, -0.2) is 37.5 Å². The summed E-state index contributed by atoms with van der Waals surface area (Å²) in [7, 11) is 1.91. The van der Waals surface area contributed by atoms with Crippen molar-refractivity contribution in [3.63, 3.8) is 0 Å². The van der Waals surface area contributed by atoms with Crippen LogP contribution < -0.4 is 4.74 Å². The Morgan fingerprint density at radius 2 is 1.94 bits per heavy atom. The zero-order valence-electron chi connectivity index (χ0n) is 18.3. The molecule has 0 aliphatic rings. The van der Waals surface area contributed by atoms with E-state index in [4.69, 9.17) is 0 Å². The van der Waals surface area contributed by atoms with Crippen molar-refractivity contribution in [2.24, 2.45) is 7.05 Å². The molecule has 4 aromatic rings. The van der Waals surface area contributed by atoms with E-state index in [2.05, 4.69) is 21.0 Å². The number of alkyl halides is 2. The van der Waals surface area contributed by atoms with E-state index in [9.17, 15) is 13.6 Å². The fourth-order valence-electron chi connectivity index (χ4n) is 3.62. The number of aryl methyl sites for hydroxylation is 1. The number of thioether (sulfide) groups is 1. The number of aromatic nitrogens is 4. The third-order valence-electron chi connectivity index (χ3n) is 5.22. The molecule has 0 fully saturated rings. The van der Waals surface area contributed by atoms with Gasteiger partial charge in [-0.25, -0.2) is 0 Å². The van der Waals surface area contributed by atoms with E-state index < -0.39 is 6.61 Å². The summed E-state index contributed by atoms with van der Waals surface area (Å²) in [5, 5.41) is 11.2. The van der Waals surface area contributed by atoms with Crippen LogP contribution in [0.25, 0.3) is 5.69 Å². The van der Waals surface area contributed by atoms with Crippen LogP contribution in [0, 0.1) is 13.8 Å². The first kappa shape index (κ1) is 23.2. The summed E-state index contributed by atoms with van der Waals surface area (Å²) < 4.78 is 33.0. The minimum Gasteiger partial charge on any atom is -0.435 e. The van der Waals surface area contributed by atoms with Gasteiger partial charge in [0.25, 0.3) is 0 Å². The first-order valence-corrected chi connectivity index (χ1v) is 12.0. The number of benzene rings is 1. The van der Waals surface area contributed by atoms with Gasteiger partial charge < -0.3 is 13.9 Å². The second-order valence-corrected chi connectivity index (χ2v) is 9.39. The number of ether oxygens (including phenoxy) is 1. The number of hydrogen-bond acceptors (Lipinski definition) is 6. The molecule has 0 saturated heterocycles. The van der Waals surface area contributed by atoms with Gasteiger partial charge in [-0.05, 0) is 55.6 Å². The normalized spacial score (nSPS) is 11.3. The van der Waals surface area contributed by atoms with Crippen LogP contribution in [-0.2, 0) is 13.5 Å². The number of rotatable bonds is 9. The van der Waals surface area contributed by atoms with Gasteiger partial charge in [0, 0.05) is 41.0 Å². The van der Waals surface area contributed by atoms with Crippen molar-refractivity contribution in [3.05, 3.63) is 75.5 Å². The Labute approximate surface area is 198 Å². The standard InChI is InChI=1S/C23H22F2N4O2S2/c1-14-11-19(15(2)29(14)16-6-8-17(9-7-16)31-22(24)25)20(30)13-33-23-27-26-21(28(23)3)12-18-5-4-10-32-18/h4-11,22H,12-13H2,1-3H3. The number of nitrogens with zero attached hydrogens (tertiary/aromatic N) is 4. The first-order chi connectivity index (χ1) is 15.8. The summed E-state index contributed by atoms with van der Waals surface area (Å²) in [6, 6.07) is 12.3. The van der Waals surface area contributed by atoms with Crippen LogP contribution in [0.2, 0.25) is 0 Å². The number of carbonyl (C=O) groups excluding carboxylic acids is 1. The lowest BCUT2D eigenvalue weighted by atomic mass is 10.2. The molecule has 172 valence electrons. The van der Waals surface area contributed by atoms with Crippen molar-refractivity contribution in [1.82, 2.24) is 19.3 Å². The molecule has 0 aliphatic carbocycles. The Morgan fingerprint density at radius 1 is 1.18 bits per heavy atom. The van der Waals surface area contributed by atoms with E-state index in [0.717, 1.165) is 22.9 Å². The Bertz CT molecular complexity index is 1250. The van der Waals surface area contributed by atoms with Crippen molar-refractivity contribution >= 4 is 28.9 Å². The lowest BCUT2D eigenvalue weighted by Gasteiger charge is -2.11. The maximum atomic E-state index is 13.0. The van der Waals surface area contributed by atoms with Gasteiger partial charge in [0.2, 0.25) is 0 Å². The molecule has 0 unspecified atom stereocenters. The van der Waals surface area contributed by atoms with Crippen molar-refractivity contribution in [2.45, 2.75) is 32.0 Å². The molecule has 6 nitrogen and oxygen atoms in total. The molecule has 10 heteroatoms. The highest BCUT2D eigenvalue weighted by molar-refractivity contribution is 7.99. The van der Waals surface area contributed by atoms with Crippen LogP contribution >= 0.6 is 23.1 Å². The largest absolute Gasteiger partial charge is 0.435 e. The van der Waals surface area contributed by atoms with Gasteiger partial charge in [0.05, 0.1) is 5.75 Å². The Balaban J connectivity index is 1.46. The summed E-state index contributed by atoms with van der Waals surface area (Å²) in [5.74, 6) is 1.16. The SMILES string of the molecule is Cc1cc(C(=O)CSc2nnc(Cc3cccs3)n2C)c(C)n1-c1ccc(OC(F)F)cc1. The molecule has 0 saturated carbocycles. The van der Waals surface area contributed by atoms with Crippen molar-refractivity contribution in [1.29, 1.82) is 0 Å². The molecular formula is C23H22F2N4O2S2. The molecule has 0 radical (unpaired) electrons. The maximum Gasteiger partial charge on any atom is 0.387 e. The molecule has 0 amide bonds. The van der Waals surface area contributed by atoms with Crippen molar-refractivity contribution in [2.75, 3.05) is 5.75 Å². The lowest BCUT2D eigenvalue weighted by molar-refractivity contribution is -0.0498. The second kappa shape index (κ2) is 9.88. The fourth-order valence-corrected chi connectivity index (χ4v) is 5.14. The van der Waals surface area contributed by atoms with Crippen LogP contribution in [0.3, 0.4) is 0 Å². The van der Waals surface area contributed by atoms with Crippen LogP contribution in [0.5, 0.6) is 5.75 Å². The van der Waals surface area contributed by atoms with Crippen LogP contribution in [0.1, 0.15) is 32.4 Å². The van der Waals surface area contributed by atoms with E-state index >= 15 is 0 Å². The number of hydrogen-bond donors (Lipinski definition) is 0. The summed E-state index contributed by atoms with van der Waals surface area (Å²) in [5.41, 5.74) is 3.05. The molecule has 1 aromatic carbocycles. The summed E-state index contributed by atoms with van der Waals surface area (Å²) >= 11 is 3.03. The Hall–Kier alpha value is -2.98. The van der Waals surface area contributed by atoms with Crippen LogP contribution in [0.4, 0.5) is 8.78 Å². The zero-order chi connectivity index (χ0) is 23.5. The average Bonchev–Trinajstić information content (AvgIpc) is 3.48. The van der Waals surface area contributed by atoms with E-state index in [1.54, 1.807) is 23.5 Å². The molecule has 0 aliphatic heterocycles. The maximum absolute atomic E-state index is 13.0. The topological polar surface area (TPSA) is 61.9 Å². The van der Waals surface area contributed by atoms with Gasteiger partial charge in [-0.2, -0.15) is 8.78 Å². The zero-order valence-corrected chi connectivity index (χ0v) is 19.9. The van der Waals surface area contributed by atoms with Gasteiger partial charge in [-0.3, -0.25) is 4.79 Å². The van der Waals surface area contributed by atoms with E-state index in [0.29, 0.717) is 17.1 Å². The second-order valence-electron chi connectivity index (χ2n) is 7.42.